The van der Waals surface area contributed by atoms with E-state index in [-0.39, 0.29) is 5.91 Å². The van der Waals surface area contributed by atoms with Gasteiger partial charge in [0.15, 0.2) is 5.11 Å². The first-order chi connectivity index (χ1) is 14.0. The van der Waals surface area contributed by atoms with Crippen molar-refractivity contribution in [3.8, 4) is 0 Å². The van der Waals surface area contributed by atoms with E-state index in [1.807, 2.05) is 24.3 Å². The summed E-state index contributed by atoms with van der Waals surface area (Å²) in [5.41, 5.74) is 3.16. The lowest BCUT2D eigenvalue weighted by Crippen LogP contribution is -2.37. The number of anilines is 2. The van der Waals surface area contributed by atoms with Crippen LogP contribution in [0.15, 0.2) is 53.4 Å². The highest BCUT2D eigenvalue weighted by atomic mass is 32.2. The molecule has 2 N–H and O–H groups in total. The number of para-hydroxylation sites is 1. The van der Waals surface area contributed by atoms with Crippen molar-refractivity contribution >= 4 is 46.4 Å². The second-order valence-electron chi connectivity index (χ2n) is 7.13. The van der Waals surface area contributed by atoms with Gasteiger partial charge in [-0.05, 0) is 54.7 Å². The number of hydrogen-bond acceptors (Lipinski definition) is 4. The summed E-state index contributed by atoms with van der Waals surface area (Å²) in [6.07, 6.45) is 3.16. The monoisotopic (exact) mass is 428 g/mol. The Kier molecular flexibility index (Phi) is 7.91. The van der Waals surface area contributed by atoms with Crippen LogP contribution in [0, 0.1) is 0 Å². The average molecular weight is 429 g/mol. The summed E-state index contributed by atoms with van der Waals surface area (Å²) in [5, 5.41) is 7.04. The molecule has 1 aliphatic heterocycles. The number of thioether (sulfide) groups is 1. The van der Waals surface area contributed by atoms with Crippen LogP contribution in [0.4, 0.5) is 11.4 Å². The minimum absolute atomic E-state index is 0.0462. The molecule has 29 heavy (non-hydrogen) atoms. The van der Waals surface area contributed by atoms with Crippen LogP contribution in [-0.2, 0) is 11.3 Å². The largest absolute Gasteiger partial charge is 0.348 e. The number of nitrogens with zero attached hydrogens (tertiary/aromatic N) is 2. The van der Waals surface area contributed by atoms with Crippen LogP contribution in [0.25, 0.3) is 0 Å². The fourth-order valence-electron chi connectivity index (χ4n) is 3.43. The van der Waals surface area contributed by atoms with E-state index in [9.17, 15) is 4.79 Å². The summed E-state index contributed by atoms with van der Waals surface area (Å²) in [7, 11) is 0. The first-order valence-electron chi connectivity index (χ1n) is 9.83. The lowest BCUT2D eigenvalue weighted by Gasteiger charge is -2.25. The Morgan fingerprint density at radius 2 is 1.79 bits per heavy atom. The number of carbonyl (C=O) groups excluding carboxylic acids is 1. The van der Waals surface area contributed by atoms with Gasteiger partial charge in [-0.25, -0.2) is 0 Å². The molecule has 0 aliphatic carbocycles. The second-order valence-corrected chi connectivity index (χ2v) is 8.36. The molecule has 1 saturated heterocycles. The standard InChI is InChI=1S/C22H28N4OS2/c1-17(27)23-19-10-8-18(9-11-19)16-25-12-5-13-26(15-14-25)22(28)24-20-6-3-4-7-21(20)29-2/h3-4,6-11H,5,12-16H2,1-2H3,(H,23,27)(H,24,28). The zero-order valence-electron chi connectivity index (χ0n) is 17.0. The Morgan fingerprint density at radius 1 is 1.03 bits per heavy atom. The molecule has 2 aromatic rings. The molecule has 0 saturated carbocycles. The normalized spacial score (nSPS) is 14.9. The fourth-order valence-corrected chi connectivity index (χ4v) is 4.28. The third-order valence-electron chi connectivity index (χ3n) is 4.90. The van der Waals surface area contributed by atoms with Crippen LogP contribution in [0.5, 0.6) is 0 Å². The van der Waals surface area contributed by atoms with Crippen molar-refractivity contribution in [1.29, 1.82) is 0 Å². The van der Waals surface area contributed by atoms with Crippen LogP contribution >= 0.6 is 24.0 Å². The summed E-state index contributed by atoms with van der Waals surface area (Å²) in [6, 6.07) is 16.4. The number of carbonyl (C=O) groups is 1. The maximum atomic E-state index is 11.1. The Balaban J connectivity index is 1.53. The molecule has 7 heteroatoms. The Hall–Kier alpha value is -2.09. The van der Waals surface area contributed by atoms with Gasteiger partial charge in [0, 0.05) is 50.2 Å². The Morgan fingerprint density at radius 3 is 2.52 bits per heavy atom. The van der Waals surface area contributed by atoms with Gasteiger partial charge in [-0.2, -0.15) is 0 Å². The first-order valence-corrected chi connectivity index (χ1v) is 11.5. The molecule has 0 atom stereocenters. The number of hydrogen-bond donors (Lipinski definition) is 2. The maximum absolute atomic E-state index is 11.1. The average Bonchev–Trinajstić information content (AvgIpc) is 2.95. The summed E-state index contributed by atoms with van der Waals surface area (Å²) in [6.45, 7) is 6.33. The van der Waals surface area contributed by atoms with E-state index in [2.05, 4.69) is 51.0 Å². The topological polar surface area (TPSA) is 47.6 Å². The van der Waals surface area contributed by atoms with Crippen molar-refractivity contribution in [3.63, 3.8) is 0 Å². The fraction of sp³-hybridized carbons (Fsp3) is 0.364. The molecule has 0 bridgehead atoms. The molecule has 1 heterocycles. The molecular weight excluding hydrogens is 400 g/mol. The van der Waals surface area contributed by atoms with Gasteiger partial charge in [-0.3, -0.25) is 9.69 Å². The Bertz CT molecular complexity index is 841. The molecular formula is C22H28N4OS2. The molecule has 0 aromatic heterocycles. The number of rotatable bonds is 5. The van der Waals surface area contributed by atoms with Crippen LogP contribution in [0.3, 0.4) is 0 Å². The Labute approximate surface area is 182 Å². The minimum atomic E-state index is -0.0462. The lowest BCUT2D eigenvalue weighted by atomic mass is 10.2. The summed E-state index contributed by atoms with van der Waals surface area (Å²) >= 11 is 7.42. The lowest BCUT2D eigenvalue weighted by molar-refractivity contribution is -0.114. The molecule has 154 valence electrons. The first kappa shape index (κ1) is 21.6. The van der Waals surface area contributed by atoms with Crippen LogP contribution in [-0.4, -0.2) is 53.3 Å². The van der Waals surface area contributed by atoms with Crippen molar-refractivity contribution in [3.05, 3.63) is 54.1 Å². The molecule has 1 amide bonds. The quantitative estimate of drug-likeness (QED) is 0.548. The van der Waals surface area contributed by atoms with Crippen LogP contribution in [0.2, 0.25) is 0 Å². The van der Waals surface area contributed by atoms with E-state index < -0.39 is 0 Å². The van der Waals surface area contributed by atoms with Crippen LogP contribution in [0.1, 0.15) is 18.9 Å². The maximum Gasteiger partial charge on any atom is 0.221 e. The van der Waals surface area contributed by atoms with E-state index in [1.54, 1.807) is 11.8 Å². The van der Waals surface area contributed by atoms with Gasteiger partial charge in [0.2, 0.25) is 5.91 Å². The molecule has 1 aliphatic rings. The van der Waals surface area contributed by atoms with Crippen molar-refractivity contribution < 1.29 is 4.79 Å². The number of thiocarbonyl (C=S) groups is 1. The molecule has 2 aromatic carbocycles. The van der Waals surface area contributed by atoms with Gasteiger partial charge in [-0.1, -0.05) is 24.3 Å². The molecule has 0 unspecified atom stereocenters. The summed E-state index contributed by atoms with van der Waals surface area (Å²) < 4.78 is 0. The van der Waals surface area contributed by atoms with E-state index in [0.717, 1.165) is 55.6 Å². The molecule has 0 spiro atoms. The van der Waals surface area contributed by atoms with Crippen LogP contribution < -0.4 is 10.6 Å². The highest BCUT2D eigenvalue weighted by Gasteiger charge is 2.17. The van der Waals surface area contributed by atoms with Gasteiger partial charge in [-0.15, -0.1) is 11.8 Å². The van der Waals surface area contributed by atoms with Gasteiger partial charge in [0.05, 0.1) is 5.69 Å². The molecule has 1 fully saturated rings. The van der Waals surface area contributed by atoms with Gasteiger partial charge in [0.1, 0.15) is 0 Å². The number of benzene rings is 2. The zero-order valence-corrected chi connectivity index (χ0v) is 18.6. The van der Waals surface area contributed by atoms with Crippen molar-refractivity contribution in [2.75, 3.05) is 43.1 Å². The van der Waals surface area contributed by atoms with Gasteiger partial charge < -0.3 is 15.5 Å². The highest BCUT2D eigenvalue weighted by molar-refractivity contribution is 7.98. The third-order valence-corrected chi connectivity index (χ3v) is 6.06. The predicted molar refractivity (Wildman–Crippen MR) is 127 cm³/mol. The van der Waals surface area contributed by atoms with E-state index in [0.29, 0.717) is 0 Å². The summed E-state index contributed by atoms with van der Waals surface area (Å²) in [4.78, 5) is 17.1. The van der Waals surface area contributed by atoms with Gasteiger partial charge in [0.25, 0.3) is 0 Å². The molecule has 5 nitrogen and oxygen atoms in total. The smallest absolute Gasteiger partial charge is 0.221 e. The number of amides is 1. The minimum Gasteiger partial charge on any atom is -0.348 e. The van der Waals surface area contributed by atoms with Crippen molar-refractivity contribution in [2.24, 2.45) is 0 Å². The highest BCUT2D eigenvalue weighted by Crippen LogP contribution is 2.25. The van der Waals surface area contributed by atoms with Crippen molar-refractivity contribution in [1.82, 2.24) is 9.80 Å². The summed E-state index contributed by atoms with van der Waals surface area (Å²) in [5.74, 6) is -0.0462. The molecule has 3 rings (SSSR count). The second kappa shape index (κ2) is 10.6. The van der Waals surface area contributed by atoms with E-state index >= 15 is 0 Å². The van der Waals surface area contributed by atoms with Gasteiger partial charge >= 0.3 is 0 Å². The zero-order chi connectivity index (χ0) is 20.6. The third kappa shape index (κ3) is 6.45. The van der Waals surface area contributed by atoms with E-state index in [1.165, 1.54) is 17.4 Å². The SMILES string of the molecule is CSc1ccccc1NC(=S)N1CCCN(Cc2ccc(NC(C)=O)cc2)CC1. The van der Waals surface area contributed by atoms with Crippen molar-refractivity contribution in [2.45, 2.75) is 24.8 Å². The predicted octanol–water partition coefficient (Wildman–Crippen LogP) is 4.27. The molecule has 0 radical (unpaired) electrons. The number of nitrogens with one attached hydrogen (secondary N) is 2. The van der Waals surface area contributed by atoms with E-state index in [4.69, 9.17) is 12.2 Å².